The Morgan fingerprint density at radius 1 is 1.04 bits per heavy atom. The Bertz CT molecular complexity index is 1070. The number of halogens is 1. The van der Waals surface area contributed by atoms with E-state index in [0.717, 1.165) is 0 Å². The summed E-state index contributed by atoms with van der Waals surface area (Å²) in [7, 11) is 3.05. The van der Waals surface area contributed by atoms with Crippen LogP contribution in [0.3, 0.4) is 0 Å². The van der Waals surface area contributed by atoms with Crippen LogP contribution in [0, 0.1) is 0 Å². The number of nitrogens with zero attached hydrogens (tertiary/aromatic N) is 2. The molecule has 0 aliphatic rings. The van der Waals surface area contributed by atoms with E-state index >= 15 is 0 Å². The molecule has 2 N–H and O–H groups in total. The molecule has 3 rings (SSSR count). The van der Waals surface area contributed by atoms with Crippen molar-refractivity contribution in [2.75, 3.05) is 14.2 Å². The predicted molar refractivity (Wildman–Crippen MR) is 99.0 cm³/mol. The van der Waals surface area contributed by atoms with Gasteiger partial charge in [0.2, 0.25) is 5.88 Å². The van der Waals surface area contributed by atoms with Gasteiger partial charge in [0.25, 0.3) is 0 Å². The summed E-state index contributed by atoms with van der Waals surface area (Å²) < 4.78 is 21.1. The number of rotatable bonds is 5. The number of benzene rings is 1. The Morgan fingerprint density at radius 3 is 2.39 bits per heavy atom. The molecule has 0 spiro atoms. The third kappa shape index (κ3) is 3.89. The Labute approximate surface area is 163 Å². The number of hydrogen-bond donors (Lipinski definition) is 1. The largest absolute Gasteiger partial charge is 0.493 e. The van der Waals surface area contributed by atoms with Gasteiger partial charge in [-0.05, 0) is 12.1 Å². The van der Waals surface area contributed by atoms with Crippen LogP contribution in [0.15, 0.2) is 36.7 Å². The van der Waals surface area contributed by atoms with Crippen LogP contribution in [0.4, 0.5) is 0 Å². The van der Waals surface area contributed by atoms with Gasteiger partial charge in [-0.15, -0.1) is 0 Å². The number of fused-ring (bicyclic) bond motifs is 1. The molecule has 2 aromatic heterocycles. The fourth-order valence-corrected chi connectivity index (χ4v) is 2.53. The number of aromatic nitrogens is 2. The van der Waals surface area contributed by atoms with Gasteiger partial charge in [0.15, 0.2) is 17.2 Å². The average molecular weight is 404 g/mol. The normalized spacial score (nSPS) is 10.4. The van der Waals surface area contributed by atoms with E-state index in [-0.39, 0.29) is 16.7 Å². The SMILES string of the molecule is COc1cc2nccc(Oc3ncc(OC(=O)C(N)=O)cc3Cl)c2cc1OC. The molecule has 9 nitrogen and oxygen atoms in total. The molecule has 28 heavy (non-hydrogen) atoms. The number of methoxy groups -OCH3 is 2. The molecule has 0 atom stereocenters. The van der Waals surface area contributed by atoms with Crippen molar-refractivity contribution in [3.8, 4) is 28.9 Å². The fourth-order valence-electron chi connectivity index (χ4n) is 2.34. The van der Waals surface area contributed by atoms with Crippen molar-refractivity contribution in [2.24, 2.45) is 5.73 Å². The molecule has 0 aliphatic heterocycles. The van der Waals surface area contributed by atoms with Crippen LogP contribution in [0.25, 0.3) is 10.9 Å². The summed E-state index contributed by atoms with van der Waals surface area (Å²) in [5.74, 6) is -1.01. The Balaban J connectivity index is 1.94. The van der Waals surface area contributed by atoms with Crippen molar-refractivity contribution >= 4 is 34.4 Å². The fraction of sp³-hybridized carbons (Fsp3) is 0.111. The zero-order chi connectivity index (χ0) is 20.3. The number of pyridine rings is 2. The van der Waals surface area contributed by atoms with Crippen LogP contribution in [0.1, 0.15) is 0 Å². The highest BCUT2D eigenvalue weighted by molar-refractivity contribution is 6.33. The highest BCUT2D eigenvalue weighted by Gasteiger charge is 2.16. The second-order valence-electron chi connectivity index (χ2n) is 5.35. The number of ether oxygens (including phenoxy) is 4. The van der Waals surface area contributed by atoms with Gasteiger partial charge in [-0.2, -0.15) is 0 Å². The number of carbonyl (C=O) groups excluding carboxylic acids is 2. The van der Waals surface area contributed by atoms with Crippen LogP contribution < -0.4 is 24.7 Å². The van der Waals surface area contributed by atoms with Crippen molar-refractivity contribution in [3.63, 3.8) is 0 Å². The summed E-state index contributed by atoms with van der Waals surface area (Å²) in [5, 5.41) is 0.697. The maximum Gasteiger partial charge on any atom is 0.402 e. The number of carbonyl (C=O) groups is 2. The lowest BCUT2D eigenvalue weighted by Crippen LogP contribution is -2.27. The highest BCUT2D eigenvalue weighted by Crippen LogP contribution is 2.38. The lowest BCUT2D eigenvalue weighted by atomic mass is 10.2. The monoisotopic (exact) mass is 403 g/mol. The average Bonchev–Trinajstić information content (AvgIpc) is 2.69. The van der Waals surface area contributed by atoms with Gasteiger partial charge >= 0.3 is 11.9 Å². The van der Waals surface area contributed by atoms with Crippen LogP contribution >= 0.6 is 11.6 Å². The molecule has 3 aromatic rings. The standard InChI is InChI=1S/C18H14ClN3O6/c1-25-14-6-10-12(7-15(14)26-2)21-4-3-13(10)28-17-11(19)5-9(8-22-17)27-18(24)16(20)23/h3-8H,1-2H3,(H2,20,23). The minimum Gasteiger partial charge on any atom is -0.493 e. The second-order valence-corrected chi connectivity index (χ2v) is 5.75. The van der Waals surface area contributed by atoms with Crippen LogP contribution in [-0.2, 0) is 9.59 Å². The quantitative estimate of drug-likeness (QED) is 0.509. The van der Waals surface area contributed by atoms with E-state index < -0.39 is 11.9 Å². The molecule has 0 fully saturated rings. The Hall–Kier alpha value is -3.59. The molecule has 1 aromatic carbocycles. The molecule has 10 heteroatoms. The van der Waals surface area contributed by atoms with Crippen LogP contribution in [0.5, 0.6) is 28.9 Å². The van der Waals surface area contributed by atoms with Crippen LogP contribution in [0.2, 0.25) is 5.02 Å². The number of primary amides is 1. The molecule has 0 unspecified atom stereocenters. The van der Waals surface area contributed by atoms with Crippen molar-refractivity contribution < 1.29 is 28.5 Å². The van der Waals surface area contributed by atoms with E-state index in [1.807, 2.05) is 0 Å². The zero-order valence-electron chi connectivity index (χ0n) is 14.8. The molecular formula is C18H14ClN3O6. The summed E-state index contributed by atoms with van der Waals surface area (Å²) in [6.07, 6.45) is 2.73. The summed E-state index contributed by atoms with van der Waals surface area (Å²) >= 11 is 6.14. The van der Waals surface area contributed by atoms with E-state index in [4.69, 9.17) is 36.3 Å². The van der Waals surface area contributed by atoms with Crippen molar-refractivity contribution in [1.29, 1.82) is 0 Å². The Kier molecular flexibility index (Phi) is 5.46. The third-order valence-electron chi connectivity index (χ3n) is 3.61. The molecule has 0 bridgehead atoms. The van der Waals surface area contributed by atoms with Crippen LogP contribution in [-0.4, -0.2) is 36.1 Å². The molecule has 0 saturated heterocycles. The first-order chi connectivity index (χ1) is 13.4. The number of esters is 1. The van der Waals surface area contributed by atoms with Crippen molar-refractivity contribution in [1.82, 2.24) is 9.97 Å². The number of nitrogens with two attached hydrogens (primary N) is 1. The summed E-state index contributed by atoms with van der Waals surface area (Å²) in [6, 6.07) is 6.33. The number of hydrogen-bond acceptors (Lipinski definition) is 8. The van der Waals surface area contributed by atoms with Gasteiger partial charge < -0.3 is 24.7 Å². The zero-order valence-corrected chi connectivity index (χ0v) is 15.5. The number of amides is 1. The first-order valence-electron chi connectivity index (χ1n) is 7.78. The summed E-state index contributed by atoms with van der Waals surface area (Å²) in [5.41, 5.74) is 5.44. The van der Waals surface area contributed by atoms with Gasteiger partial charge in [-0.25, -0.2) is 9.78 Å². The summed E-state index contributed by atoms with van der Waals surface area (Å²) in [4.78, 5) is 30.3. The van der Waals surface area contributed by atoms with Gasteiger partial charge in [0, 0.05) is 23.7 Å². The minimum atomic E-state index is -1.23. The molecule has 1 amide bonds. The molecule has 0 radical (unpaired) electrons. The van der Waals surface area contributed by atoms with E-state index in [0.29, 0.717) is 28.2 Å². The Morgan fingerprint density at radius 2 is 1.75 bits per heavy atom. The highest BCUT2D eigenvalue weighted by atomic mass is 35.5. The summed E-state index contributed by atoms with van der Waals surface area (Å²) in [6.45, 7) is 0. The first-order valence-corrected chi connectivity index (χ1v) is 8.16. The van der Waals surface area contributed by atoms with Gasteiger partial charge in [0.1, 0.15) is 10.8 Å². The van der Waals surface area contributed by atoms with E-state index in [1.165, 1.54) is 26.5 Å². The molecule has 0 saturated carbocycles. The maximum absolute atomic E-state index is 11.2. The lowest BCUT2D eigenvalue weighted by Gasteiger charge is -2.12. The van der Waals surface area contributed by atoms with E-state index in [9.17, 15) is 9.59 Å². The third-order valence-corrected chi connectivity index (χ3v) is 3.88. The molecule has 144 valence electrons. The first kappa shape index (κ1) is 19.2. The minimum absolute atomic E-state index is 0.0489. The molecule has 2 heterocycles. The van der Waals surface area contributed by atoms with Gasteiger partial charge in [0.05, 0.1) is 25.9 Å². The van der Waals surface area contributed by atoms with E-state index in [2.05, 4.69) is 9.97 Å². The molecule has 0 aliphatic carbocycles. The second kappa shape index (κ2) is 7.97. The van der Waals surface area contributed by atoms with E-state index in [1.54, 1.807) is 24.4 Å². The van der Waals surface area contributed by atoms with Crippen molar-refractivity contribution in [2.45, 2.75) is 0 Å². The molecular weight excluding hydrogens is 390 g/mol. The smallest absolute Gasteiger partial charge is 0.402 e. The van der Waals surface area contributed by atoms with Crippen molar-refractivity contribution in [3.05, 3.63) is 41.7 Å². The lowest BCUT2D eigenvalue weighted by molar-refractivity contribution is -0.146. The maximum atomic E-state index is 11.2. The van der Waals surface area contributed by atoms with Gasteiger partial charge in [-0.1, -0.05) is 11.6 Å². The topological polar surface area (TPSA) is 123 Å². The predicted octanol–water partition coefficient (Wildman–Crippen LogP) is 2.48. The van der Waals surface area contributed by atoms with Gasteiger partial charge in [-0.3, -0.25) is 9.78 Å².